The van der Waals surface area contributed by atoms with Crippen molar-refractivity contribution in [3.8, 4) is 0 Å². The topological polar surface area (TPSA) is 86.8 Å². The first kappa shape index (κ1) is 30.4. The van der Waals surface area contributed by atoms with Gasteiger partial charge in [-0.15, -0.1) is 0 Å². The molecular formula is C30H36BrN3O4S. The van der Waals surface area contributed by atoms with Crippen LogP contribution >= 0.6 is 15.9 Å². The smallest absolute Gasteiger partial charge is 0.264 e. The first-order chi connectivity index (χ1) is 18.4. The van der Waals surface area contributed by atoms with Crippen LogP contribution in [0.15, 0.2) is 82.2 Å². The normalized spacial score (nSPS) is 12.2. The predicted molar refractivity (Wildman–Crippen MR) is 159 cm³/mol. The SMILES string of the molecule is Cc1ccc(S(=O)(=O)N(CC(=O)N(Cc2cccc(C)c2)[C@H](C)C(=O)NCC(C)C)c2ccc(Br)cc2)cc1. The van der Waals surface area contributed by atoms with Gasteiger partial charge in [0.2, 0.25) is 11.8 Å². The lowest BCUT2D eigenvalue weighted by Gasteiger charge is -2.32. The summed E-state index contributed by atoms with van der Waals surface area (Å²) >= 11 is 3.39. The summed E-state index contributed by atoms with van der Waals surface area (Å²) in [7, 11) is -4.09. The fourth-order valence-corrected chi connectivity index (χ4v) is 5.69. The monoisotopic (exact) mass is 613 g/mol. The number of halogens is 1. The molecule has 0 heterocycles. The molecule has 3 rings (SSSR count). The van der Waals surface area contributed by atoms with E-state index < -0.39 is 28.5 Å². The third-order valence-electron chi connectivity index (χ3n) is 6.29. The van der Waals surface area contributed by atoms with Gasteiger partial charge in [-0.3, -0.25) is 13.9 Å². The van der Waals surface area contributed by atoms with Crippen LogP contribution in [0.3, 0.4) is 0 Å². The highest BCUT2D eigenvalue weighted by Gasteiger charge is 2.32. The van der Waals surface area contributed by atoms with Gasteiger partial charge in [-0.2, -0.15) is 0 Å². The van der Waals surface area contributed by atoms with Crippen LogP contribution in [0.4, 0.5) is 5.69 Å². The molecule has 0 aliphatic rings. The number of hydrogen-bond donors (Lipinski definition) is 1. The Morgan fingerprint density at radius 2 is 1.54 bits per heavy atom. The fraction of sp³-hybridized carbons (Fsp3) is 0.333. The predicted octanol–water partition coefficient (Wildman–Crippen LogP) is 5.45. The largest absolute Gasteiger partial charge is 0.354 e. The van der Waals surface area contributed by atoms with E-state index >= 15 is 0 Å². The van der Waals surface area contributed by atoms with Gasteiger partial charge < -0.3 is 10.2 Å². The molecule has 0 radical (unpaired) electrons. The summed E-state index contributed by atoms with van der Waals surface area (Å²) in [5, 5.41) is 2.90. The third kappa shape index (κ3) is 8.16. The molecule has 1 atom stereocenters. The molecule has 0 fully saturated rings. The molecule has 0 aromatic heterocycles. The van der Waals surface area contributed by atoms with Crippen molar-refractivity contribution in [2.75, 3.05) is 17.4 Å². The van der Waals surface area contributed by atoms with Crippen molar-refractivity contribution in [3.63, 3.8) is 0 Å². The number of sulfonamides is 1. The van der Waals surface area contributed by atoms with E-state index in [4.69, 9.17) is 0 Å². The molecule has 0 unspecified atom stereocenters. The fourth-order valence-electron chi connectivity index (χ4n) is 4.02. The van der Waals surface area contributed by atoms with Gasteiger partial charge in [0.15, 0.2) is 0 Å². The maximum atomic E-state index is 13.9. The number of aryl methyl sites for hydroxylation is 2. The first-order valence-corrected chi connectivity index (χ1v) is 15.1. The van der Waals surface area contributed by atoms with Crippen LogP contribution in [0, 0.1) is 19.8 Å². The van der Waals surface area contributed by atoms with Crippen molar-refractivity contribution in [1.29, 1.82) is 0 Å². The Morgan fingerprint density at radius 1 is 0.897 bits per heavy atom. The Hall–Kier alpha value is -3.17. The molecule has 0 aliphatic heterocycles. The summed E-state index contributed by atoms with van der Waals surface area (Å²) in [6, 6.07) is 20.1. The lowest BCUT2D eigenvalue weighted by Crippen LogP contribution is -2.51. The number of carbonyl (C=O) groups excluding carboxylic acids is 2. The van der Waals surface area contributed by atoms with Crippen LogP contribution in [-0.4, -0.2) is 44.3 Å². The summed E-state index contributed by atoms with van der Waals surface area (Å²) in [5.41, 5.74) is 3.14. The second-order valence-electron chi connectivity index (χ2n) is 10.1. The van der Waals surface area contributed by atoms with Gasteiger partial charge in [0.05, 0.1) is 10.6 Å². The Kier molecular flexibility index (Phi) is 10.3. The molecule has 0 bridgehead atoms. The van der Waals surface area contributed by atoms with Crippen LogP contribution in [0.25, 0.3) is 0 Å². The molecule has 0 saturated heterocycles. The number of nitrogens with one attached hydrogen (secondary N) is 1. The summed E-state index contributed by atoms with van der Waals surface area (Å²) in [4.78, 5) is 28.5. The number of benzene rings is 3. The van der Waals surface area contributed by atoms with Crippen molar-refractivity contribution >= 4 is 43.5 Å². The molecule has 3 aromatic carbocycles. The summed E-state index contributed by atoms with van der Waals surface area (Å²) < 4.78 is 29.6. The molecular weight excluding hydrogens is 578 g/mol. The van der Waals surface area contributed by atoms with Crippen LogP contribution in [0.5, 0.6) is 0 Å². The standard InChI is InChI=1S/C30H36BrN3O4S/c1-21(2)18-32-30(36)24(5)33(19-25-8-6-7-23(4)17-25)29(35)20-34(27-13-11-26(31)12-14-27)39(37,38)28-15-9-22(3)10-16-28/h6-17,21,24H,18-20H2,1-5H3,(H,32,36)/t24-/m1/s1. The Labute approximate surface area is 240 Å². The van der Waals surface area contributed by atoms with Gasteiger partial charge in [0.1, 0.15) is 12.6 Å². The van der Waals surface area contributed by atoms with Crippen molar-refractivity contribution < 1.29 is 18.0 Å². The molecule has 39 heavy (non-hydrogen) atoms. The molecule has 208 valence electrons. The van der Waals surface area contributed by atoms with E-state index in [0.29, 0.717) is 12.2 Å². The molecule has 7 nitrogen and oxygen atoms in total. The minimum absolute atomic E-state index is 0.0803. The van der Waals surface area contributed by atoms with Crippen molar-refractivity contribution in [1.82, 2.24) is 10.2 Å². The molecule has 0 aliphatic carbocycles. The Balaban J connectivity index is 2.01. The number of amides is 2. The maximum Gasteiger partial charge on any atom is 0.264 e. The number of hydrogen-bond acceptors (Lipinski definition) is 4. The number of nitrogens with zero attached hydrogens (tertiary/aromatic N) is 2. The zero-order chi connectivity index (χ0) is 28.7. The van der Waals surface area contributed by atoms with Gasteiger partial charge in [-0.25, -0.2) is 8.42 Å². The zero-order valence-corrected chi connectivity index (χ0v) is 25.4. The number of anilines is 1. The Bertz CT molecular complexity index is 1390. The van der Waals surface area contributed by atoms with E-state index in [2.05, 4.69) is 21.2 Å². The molecule has 1 N–H and O–H groups in total. The van der Waals surface area contributed by atoms with Gasteiger partial charge in [0.25, 0.3) is 10.0 Å². The highest BCUT2D eigenvalue weighted by Crippen LogP contribution is 2.26. The summed E-state index contributed by atoms with van der Waals surface area (Å²) in [6.45, 7) is 9.66. The second kappa shape index (κ2) is 13.3. The zero-order valence-electron chi connectivity index (χ0n) is 23.0. The highest BCUT2D eigenvalue weighted by molar-refractivity contribution is 9.10. The van der Waals surface area contributed by atoms with Gasteiger partial charge in [-0.1, -0.05) is 77.3 Å². The van der Waals surface area contributed by atoms with E-state index in [1.54, 1.807) is 43.3 Å². The van der Waals surface area contributed by atoms with E-state index in [1.165, 1.54) is 17.0 Å². The van der Waals surface area contributed by atoms with Gasteiger partial charge in [-0.05, 0) is 68.7 Å². The number of rotatable bonds is 11. The molecule has 9 heteroatoms. The maximum absolute atomic E-state index is 13.9. The highest BCUT2D eigenvalue weighted by atomic mass is 79.9. The van der Waals surface area contributed by atoms with E-state index in [-0.39, 0.29) is 23.3 Å². The van der Waals surface area contributed by atoms with Crippen LogP contribution in [0.1, 0.15) is 37.5 Å². The molecule has 0 saturated carbocycles. The summed E-state index contributed by atoms with van der Waals surface area (Å²) in [5.74, 6) is -0.529. The lowest BCUT2D eigenvalue weighted by atomic mass is 10.1. The van der Waals surface area contributed by atoms with E-state index in [0.717, 1.165) is 25.5 Å². The van der Waals surface area contributed by atoms with Crippen LogP contribution in [0.2, 0.25) is 0 Å². The molecule has 2 amide bonds. The van der Waals surface area contributed by atoms with Crippen molar-refractivity contribution in [2.24, 2.45) is 5.92 Å². The average Bonchev–Trinajstić information content (AvgIpc) is 2.89. The molecule has 3 aromatic rings. The average molecular weight is 615 g/mol. The number of carbonyl (C=O) groups is 2. The van der Waals surface area contributed by atoms with Crippen LogP contribution < -0.4 is 9.62 Å². The Morgan fingerprint density at radius 3 is 2.13 bits per heavy atom. The van der Waals surface area contributed by atoms with Crippen LogP contribution in [-0.2, 0) is 26.2 Å². The quantitative estimate of drug-likeness (QED) is 0.311. The summed E-state index contributed by atoms with van der Waals surface area (Å²) in [6.07, 6.45) is 0. The van der Waals surface area contributed by atoms with Gasteiger partial charge >= 0.3 is 0 Å². The third-order valence-corrected chi connectivity index (χ3v) is 8.61. The lowest BCUT2D eigenvalue weighted by molar-refractivity contribution is -0.139. The van der Waals surface area contributed by atoms with Crippen molar-refractivity contribution in [3.05, 3.63) is 94.0 Å². The first-order valence-electron chi connectivity index (χ1n) is 12.9. The van der Waals surface area contributed by atoms with E-state index in [1.807, 2.05) is 52.0 Å². The van der Waals surface area contributed by atoms with Crippen molar-refractivity contribution in [2.45, 2.75) is 52.1 Å². The van der Waals surface area contributed by atoms with E-state index in [9.17, 15) is 18.0 Å². The molecule has 0 spiro atoms. The minimum atomic E-state index is -4.09. The second-order valence-corrected chi connectivity index (χ2v) is 12.9. The minimum Gasteiger partial charge on any atom is -0.354 e. The van der Waals surface area contributed by atoms with Gasteiger partial charge in [0, 0.05) is 17.6 Å².